The van der Waals surface area contributed by atoms with E-state index in [1.54, 1.807) is 25.1 Å². The van der Waals surface area contributed by atoms with Crippen LogP contribution in [0, 0.1) is 0 Å². The number of nitrogens with one attached hydrogen (secondary N) is 1. The molecule has 1 N–H and O–H groups in total. The third kappa shape index (κ3) is 4.33. The van der Waals surface area contributed by atoms with E-state index in [2.05, 4.69) is 36.6 Å². The van der Waals surface area contributed by atoms with Gasteiger partial charge in [-0.2, -0.15) is 0 Å². The molecule has 1 aromatic carbocycles. The highest BCUT2D eigenvalue weighted by Gasteiger charge is 2.20. The van der Waals surface area contributed by atoms with Crippen molar-refractivity contribution in [3.8, 4) is 0 Å². The lowest BCUT2D eigenvalue weighted by atomic mass is 10.4. The molecule has 0 bridgehead atoms. The topological polar surface area (TPSA) is 55.4 Å². The van der Waals surface area contributed by atoms with Crippen LogP contribution in [0.3, 0.4) is 0 Å². The summed E-state index contributed by atoms with van der Waals surface area (Å²) in [5.74, 6) is 0. The van der Waals surface area contributed by atoms with Gasteiger partial charge in [-0.05, 0) is 41.1 Å². The van der Waals surface area contributed by atoms with Crippen LogP contribution in [0.1, 0.15) is 6.92 Å². The molecule has 0 saturated carbocycles. The molecule has 0 aromatic heterocycles. The van der Waals surface area contributed by atoms with E-state index in [4.69, 9.17) is 4.74 Å². The van der Waals surface area contributed by atoms with Gasteiger partial charge in [0.2, 0.25) is 10.0 Å². The third-order valence-corrected chi connectivity index (χ3v) is 5.03. The Bertz CT molecular complexity index is 490. The number of sulfonamides is 1. The van der Waals surface area contributed by atoms with Crippen molar-refractivity contribution in [3.63, 3.8) is 0 Å². The summed E-state index contributed by atoms with van der Waals surface area (Å²) < 4.78 is 32.8. The van der Waals surface area contributed by atoms with Gasteiger partial charge in [0.15, 0.2) is 0 Å². The summed E-state index contributed by atoms with van der Waals surface area (Å²) >= 11 is 6.47. The van der Waals surface area contributed by atoms with Gasteiger partial charge in [0.1, 0.15) is 0 Å². The Kier molecular flexibility index (Phi) is 5.59. The zero-order chi connectivity index (χ0) is 13.1. The highest BCUT2D eigenvalue weighted by Crippen LogP contribution is 2.25. The molecule has 1 rings (SSSR count). The largest absolute Gasteiger partial charge is 0.383 e. The molecule has 0 amide bonds. The van der Waals surface area contributed by atoms with Crippen molar-refractivity contribution in [3.05, 3.63) is 27.1 Å². The van der Waals surface area contributed by atoms with Crippen molar-refractivity contribution in [2.24, 2.45) is 0 Å². The Morgan fingerprint density at radius 1 is 1.41 bits per heavy atom. The van der Waals surface area contributed by atoms with Crippen LogP contribution in [0.15, 0.2) is 32.0 Å². The van der Waals surface area contributed by atoms with Crippen molar-refractivity contribution >= 4 is 41.9 Å². The molecule has 96 valence electrons. The second-order valence-corrected chi connectivity index (χ2v) is 7.00. The summed E-state index contributed by atoms with van der Waals surface area (Å²) in [4.78, 5) is 0.204. The smallest absolute Gasteiger partial charge is 0.242 e. The molecule has 0 spiro atoms. The minimum Gasteiger partial charge on any atom is -0.383 e. The number of ether oxygens (including phenoxy) is 1. The monoisotopic (exact) mass is 385 g/mol. The highest BCUT2D eigenvalue weighted by molar-refractivity contribution is 9.11. The van der Waals surface area contributed by atoms with Crippen LogP contribution in [-0.2, 0) is 14.8 Å². The average Bonchev–Trinajstić information content (AvgIpc) is 2.21. The van der Waals surface area contributed by atoms with Crippen LogP contribution >= 0.6 is 31.9 Å². The number of halogens is 2. The zero-order valence-electron chi connectivity index (χ0n) is 9.41. The number of methoxy groups -OCH3 is 1. The maximum atomic E-state index is 12.1. The minimum atomic E-state index is -3.54. The second-order valence-electron chi connectivity index (χ2n) is 3.55. The van der Waals surface area contributed by atoms with E-state index in [-0.39, 0.29) is 10.9 Å². The molecule has 0 aliphatic heterocycles. The summed E-state index contributed by atoms with van der Waals surface area (Å²) in [6.07, 6.45) is 0. The summed E-state index contributed by atoms with van der Waals surface area (Å²) in [6.45, 7) is 2.07. The van der Waals surface area contributed by atoms with Gasteiger partial charge in [-0.3, -0.25) is 0 Å². The molecule has 1 atom stereocenters. The first-order chi connectivity index (χ1) is 7.86. The van der Waals surface area contributed by atoms with Gasteiger partial charge in [-0.15, -0.1) is 0 Å². The van der Waals surface area contributed by atoms with Crippen LogP contribution in [-0.4, -0.2) is 28.2 Å². The summed E-state index contributed by atoms with van der Waals surface area (Å²) in [7, 11) is -2.01. The van der Waals surface area contributed by atoms with E-state index in [1.807, 2.05) is 0 Å². The molecular formula is C10H13Br2NO3S. The zero-order valence-corrected chi connectivity index (χ0v) is 13.4. The number of hydrogen-bond acceptors (Lipinski definition) is 3. The molecule has 0 heterocycles. The highest BCUT2D eigenvalue weighted by atomic mass is 79.9. The van der Waals surface area contributed by atoms with Crippen LogP contribution in [0.4, 0.5) is 0 Å². The fraction of sp³-hybridized carbons (Fsp3) is 0.400. The summed E-state index contributed by atoms with van der Waals surface area (Å²) in [5, 5.41) is 0. The first-order valence-electron chi connectivity index (χ1n) is 4.83. The Morgan fingerprint density at radius 3 is 2.65 bits per heavy atom. The average molecular weight is 387 g/mol. The van der Waals surface area contributed by atoms with E-state index in [0.29, 0.717) is 15.6 Å². The van der Waals surface area contributed by atoms with Crippen LogP contribution < -0.4 is 4.72 Å². The summed E-state index contributed by atoms with van der Waals surface area (Å²) in [5.41, 5.74) is 0. The minimum absolute atomic E-state index is 0.204. The van der Waals surface area contributed by atoms with E-state index >= 15 is 0 Å². The Morgan fingerprint density at radius 2 is 2.06 bits per heavy atom. The van der Waals surface area contributed by atoms with Gasteiger partial charge in [0.25, 0.3) is 0 Å². The van der Waals surface area contributed by atoms with E-state index in [0.717, 1.165) is 0 Å². The fourth-order valence-electron chi connectivity index (χ4n) is 1.30. The van der Waals surface area contributed by atoms with Gasteiger partial charge >= 0.3 is 0 Å². The van der Waals surface area contributed by atoms with Gasteiger partial charge in [-0.25, -0.2) is 13.1 Å². The van der Waals surface area contributed by atoms with Crippen molar-refractivity contribution in [1.82, 2.24) is 4.72 Å². The van der Waals surface area contributed by atoms with Crippen molar-refractivity contribution < 1.29 is 13.2 Å². The fourth-order valence-corrected chi connectivity index (χ4v) is 4.03. The van der Waals surface area contributed by atoms with Gasteiger partial charge in [0.05, 0.1) is 11.5 Å². The van der Waals surface area contributed by atoms with E-state index in [9.17, 15) is 8.42 Å². The second kappa shape index (κ2) is 6.29. The number of hydrogen-bond donors (Lipinski definition) is 1. The normalized spacial score (nSPS) is 13.6. The standard InChI is InChI=1S/C10H13Br2NO3S/c1-7(6-16-2)13-17(14,15)10-5-8(11)3-4-9(10)12/h3-5,7,13H,6H2,1-2H3/t7-/m0/s1. The quantitative estimate of drug-likeness (QED) is 0.845. The first-order valence-corrected chi connectivity index (χ1v) is 7.90. The van der Waals surface area contributed by atoms with E-state index in [1.165, 1.54) is 7.11 Å². The van der Waals surface area contributed by atoms with Crippen molar-refractivity contribution in [2.75, 3.05) is 13.7 Å². The van der Waals surface area contributed by atoms with E-state index < -0.39 is 10.0 Å². The molecular weight excluding hydrogens is 374 g/mol. The molecule has 0 aliphatic carbocycles. The lowest BCUT2D eigenvalue weighted by Crippen LogP contribution is -2.35. The molecule has 17 heavy (non-hydrogen) atoms. The Hall–Kier alpha value is 0.0500. The van der Waals surface area contributed by atoms with Crippen molar-refractivity contribution in [1.29, 1.82) is 0 Å². The Labute approximate surface area is 118 Å². The molecule has 0 aliphatic rings. The van der Waals surface area contributed by atoms with Crippen LogP contribution in [0.5, 0.6) is 0 Å². The molecule has 1 aromatic rings. The lowest BCUT2D eigenvalue weighted by Gasteiger charge is -2.14. The van der Waals surface area contributed by atoms with Gasteiger partial charge in [-0.1, -0.05) is 15.9 Å². The lowest BCUT2D eigenvalue weighted by molar-refractivity contribution is 0.180. The maximum absolute atomic E-state index is 12.1. The Balaban J connectivity index is 3.01. The summed E-state index contributed by atoms with van der Waals surface area (Å²) in [6, 6.07) is 4.71. The maximum Gasteiger partial charge on any atom is 0.242 e. The third-order valence-electron chi connectivity index (χ3n) is 1.96. The molecule has 0 radical (unpaired) electrons. The van der Waals surface area contributed by atoms with Gasteiger partial charge in [0, 0.05) is 22.1 Å². The SMILES string of the molecule is COC[C@H](C)NS(=O)(=O)c1cc(Br)ccc1Br. The predicted molar refractivity (Wildman–Crippen MR) is 73.5 cm³/mol. The predicted octanol–water partition coefficient (Wildman–Crippen LogP) is 2.52. The number of benzene rings is 1. The van der Waals surface area contributed by atoms with Crippen molar-refractivity contribution in [2.45, 2.75) is 17.9 Å². The van der Waals surface area contributed by atoms with Gasteiger partial charge < -0.3 is 4.74 Å². The molecule has 0 fully saturated rings. The van der Waals surface area contributed by atoms with Crippen LogP contribution in [0.25, 0.3) is 0 Å². The first kappa shape index (κ1) is 15.1. The molecule has 0 saturated heterocycles. The molecule has 0 unspecified atom stereocenters. The molecule has 7 heteroatoms. The number of rotatable bonds is 5. The molecule has 4 nitrogen and oxygen atoms in total. The van der Waals surface area contributed by atoms with Crippen LogP contribution in [0.2, 0.25) is 0 Å².